The molecule has 2 rings (SSSR count). The highest BCUT2D eigenvalue weighted by Crippen LogP contribution is 2.29. The number of fused-ring (bicyclic) bond motifs is 1. The third-order valence-electron chi connectivity index (χ3n) is 11.0. The summed E-state index contributed by atoms with van der Waals surface area (Å²) in [6.45, 7) is 4.57. The highest BCUT2D eigenvalue weighted by molar-refractivity contribution is 7.85. The maximum atomic E-state index is 12.5. The van der Waals surface area contributed by atoms with Gasteiger partial charge < -0.3 is 0 Å². The molecule has 0 spiro atoms. The Morgan fingerprint density at radius 2 is 0.740 bits per heavy atom. The summed E-state index contributed by atoms with van der Waals surface area (Å²) >= 11 is 0. The smallest absolute Gasteiger partial charge is 0.282 e. The zero-order valence-electron chi connectivity index (χ0n) is 33.1. The predicted molar refractivity (Wildman–Crippen MR) is 220 cm³/mol. The van der Waals surface area contributed by atoms with Crippen LogP contribution in [-0.4, -0.2) is 13.0 Å². The normalized spacial score (nSPS) is 12.0. The van der Waals surface area contributed by atoms with Crippen molar-refractivity contribution in [2.75, 3.05) is 0 Å². The van der Waals surface area contributed by atoms with Gasteiger partial charge in [0.2, 0.25) is 0 Å². The molecular weight excluding hydrogens is 633 g/mol. The molecule has 0 bridgehead atoms. The third-order valence-corrected chi connectivity index (χ3v) is 12.0. The van der Waals surface area contributed by atoms with Gasteiger partial charge in [0.1, 0.15) is 0 Å². The fraction of sp³-hybridized carbons (Fsp3) is 0.783. The van der Waals surface area contributed by atoms with Gasteiger partial charge in [-0.15, -0.1) is 0 Å². The number of unbranched alkanes of at least 4 members (excludes halogenated alkanes) is 30. The minimum atomic E-state index is -4.27. The molecule has 0 heterocycles. The van der Waals surface area contributed by atoms with E-state index >= 15 is 0 Å². The van der Waals surface area contributed by atoms with Crippen LogP contribution in [0.1, 0.15) is 230 Å². The van der Waals surface area contributed by atoms with E-state index in [1.54, 1.807) is 6.07 Å². The zero-order chi connectivity index (χ0) is 36.0. The second-order valence-corrected chi connectivity index (χ2v) is 17.1. The molecule has 50 heavy (non-hydrogen) atoms. The molecule has 3 nitrogen and oxygen atoms in total. The number of hydrogen-bond donors (Lipinski definition) is 1. The monoisotopic (exact) mass is 713 g/mol. The van der Waals surface area contributed by atoms with Gasteiger partial charge in [-0.2, -0.15) is 8.42 Å². The Kier molecular flexibility index (Phi) is 27.0. The van der Waals surface area contributed by atoms with Crippen molar-refractivity contribution in [3.05, 3.63) is 41.5 Å². The molecule has 0 aromatic heterocycles. The van der Waals surface area contributed by atoms with Crippen molar-refractivity contribution >= 4 is 20.9 Å². The van der Waals surface area contributed by atoms with E-state index in [0.717, 1.165) is 42.0 Å². The lowest BCUT2D eigenvalue weighted by molar-refractivity contribution is 0.481. The summed E-state index contributed by atoms with van der Waals surface area (Å²) in [4.78, 5) is 0.116. The fourth-order valence-corrected chi connectivity index (χ4v) is 8.56. The molecule has 4 heteroatoms. The Balaban J connectivity index is 1.61. The zero-order valence-corrected chi connectivity index (χ0v) is 33.9. The largest absolute Gasteiger partial charge is 0.294 e. The summed E-state index contributed by atoms with van der Waals surface area (Å²) in [5.74, 6) is 0. The first-order chi connectivity index (χ1) is 24.5. The van der Waals surface area contributed by atoms with Crippen LogP contribution < -0.4 is 0 Å². The average molecular weight is 713 g/mol. The van der Waals surface area contributed by atoms with Crippen LogP contribution in [0, 0.1) is 0 Å². The quantitative estimate of drug-likeness (QED) is 0.0572. The number of aryl methyl sites for hydroxylation is 2. The SMILES string of the molecule is CCCCCCCCCCCCCCCCCCc1cc2cccc(CCCCCCCCCCCCCCCCCC)c2cc1S(=O)(=O)O. The topological polar surface area (TPSA) is 54.4 Å². The van der Waals surface area contributed by atoms with E-state index < -0.39 is 10.1 Å². The molecule has 288 valence electrons. The molecule has 0 amide bonds. The average Bonchev–Trinajstić information content (AvgIpc) is 3.10. The molecule has 2 aromatic carbocycles. The van der Waals surface area contributed by atoms with Crippen LogP contribution in [0.5, 0.6) is 0 Å². The van der Waals surface area contributed by atoms with Crippen molar-refractivity contribution in [1.29, 1.82) is 0 Å². The van der Waals surface area contributed by atoms with Crippen LogP contribution in [0.3, 0.4) is 0 Å². The second kappa shape index (κ2) is 30.1. The van der Waals surface area contributed by atoms with Gasteiger partial charge in [0, 0.05) is 0 Å². The Labute approximate surface area is 311 Å². The minimum Gasteiger partial charge on any atom is -0.282 e. The van der Waals surface area contributed by atoms with Gasteiger partial charge in [-0.1, -0.05) is 225 Å². The van der Waals surface area contributed by atoms with Gasteiger partial charge in [0.15, 0.2) is 0 Å². The lowest BCUT2D eigenvalue weighted by atomic mass is 9.96. The van der Waals surface area contributed by atoms with Gasteiger partial charge in [0.05, 0.1) is 4.90 Å². The van der Waals surface area contributed by atoms with Crippen LogP contribution in [0.2, 0.25) is 0 Å². The summed E-state index contributed by atoms with van der Waals surface area (Å²) in [7, 11) is -4.27. The molecule has 0 aliphatic carbocycles. The van der Waals surface area contributed by atoms with Crippen molar-refractivity contribution in [2.24, 2.45) is 0 Å². The number of hydrogen-bond acceptors (Lipinski definition) is 2. The van der Waals surface area contributed by atoms with Gasteiger partial charge >= 0.3 is 0 Å². The number of rotatable bonds is 35. The molecule has 0 atom stereocenters. The first-order valence-electron chi connectivity index (χ1n) is 22.0. The maximum Gasteiger partial charge on any atom is 0.294 e. The second-order valence-electron chi connectivity index (χ2n) is 15.7. The van der Waals surface area contributed by atoms with Crippen molar-refractivity contribution < 1.29 is 13.0 Å². The van der Waals surface area contributed by atoms with Gasteiger partial charge in [-0.05, 0) is 59.7 Å². The Morgan fingerprint density at radius 3 is 1.08 bits per heavy atom. The van der Waals surface area contributed by atoms with E-state index in [-0.39, 0.29) is 4.90 Å². The fourth-order valence-electron chi connectivity index (χ4n) is 7.80. The van der Waals surface area contributed by atoms with Gasteiger partial charge in [-0.3, -0.25) is 4.55 Å². The first kappa shape index (κ1) is 44.8. The third kappa shape index (κ3) is 21.9. The lowest BCUT2D eigenvalue weighted by Crippen LogP contribution is -2.04. The van der Waals surface area contributed by atoms with Crippen molar-refractivity contribution in [2.45, 2.75) is 237 Å². The molecule has 0 aliphatic heterocycles. The van der Waals surface area contributed by atoms with E-state index in [1.807, 2.05) is 6.07 Å². The van der Waals surface area contributed by atoms with Crippen LogP contribution >= 0.6 is 0 Å². The number of benzene rings is 2. The summed E-state index contributed by atoms with van der Waals surface area (Å²) in [5.41, 5.74) is 1.97. The van der Waals surface area contributed by atoms with Crippen LogP contribution in [0.25, 0.3) is 10.8 Å². The van der Waals surface area contributed by atoms with E-state index in [2.05, 4.69) is 32.0 Å². The minimum absolute atomic E-state index is 0.116. The van der Waals surface area contributed by atoms with E-state index in [1.165, 1.54) is 192 Å². The van der Waals surface area contributed by atoms with Crippen LogP contribution in [0.15, 0.2) is 35.2 Å². The van der Waals surface area contributed by atoms with Crippen LogP contribution in [0.4, 0.5) is 0 Å². The standard InChI is InChI=1S/C46H80O3S/c1-3-5-7-9-11-13-15-17-19-21-23-25-27-29-31-33-36-42-38-35-39-43-40-44(46(41-45(42)43)50(47,48)49)37-34-32-30-28-26-24-22-20-18-16-14-12-10-8-6-4-2/h35,38-41H,3-34,36-37H2,1-2H3,(H,47,48,49). The van der Waals surface area contributed by atoms with Crippen molar-refractivity contribution in [3.63, 3.8) is 0 Å². The van der Waals surface area contributed by atoms with Crippen molar-refractivity contribution in [1.82, 2.24) is 0 Å². The molecule has 2 aromatic rings. The van der Waals surface area contributed by atoms with Gasteiger partial charge in [-0.25, -0.2) is 0 Å². The molecule has 1 N–H and O–H groups in total. The van der Waals surface area contributed by atoms with Crippen molar-refractivity contribution in [3.8, 4) is 0 Å². The molecule has 0 aliphatic rings. The van der Waals surface area contributed by atoms with E-state index in [9.17, 15) is 13.0 Å². The van der Waals surface area contributed by atoms with E-state index in [0.29, 0.717) is 6.42 Å². The van der Waals surface area contributed by atoms with Gasteiger partial charge in [0.25, 0.3) is 10.1 Å². The predicted octanol–water partition coefficient (Wildman–Crippen LogP) is 15.7. The first-order valence-corrected chi connectivity index (χ1v) is 23.4. The molecule has 0 unspecified atom stereocenters. The maximum absolute atomic E-state index is 12.5. The molecule has 0 saturated heterocycles. The molecule has 0 fully saturated rings. The Morgan fingerprint density at radius 1 is 0.420 bits per heavy atom. The molecule has 0 radical (unpaired) electrons. The van der Waals surface area contributed by atoms with E-state index in [4.69, 9.17) is 0 Å². The van der Waals surface area contributed by atoms with Crippen LogP contribution in [-0.2, 0) is 23.0 Å². The highest BCUT2D eigenvalue weighted by Gasteiger charge is 2.17. The summed E-state index contributed by atoms with van der Waals surface area (Å²) in [6, 6.07) is 10.1. The lowest BCUT2D eigenvalue weighted by Gasteiger charge is -2.13. The highest BCUT2D eigenvalue weighted by atomic mass is 32.2. The molecular formula is C46H80O3S. The summed E-state index contributed by atoms with van der Waals surface area (Å²) in [5, 5.41) is 2.08. The summed E-state index contributed by atoms with van der Waals surface area (Å²) < 4.78 is 35.1. The Bertz CT molecular complexity index is 1190. The summed E-state index contributed by atoms with van der Waals surface area (Å²) in [6.07, 6.45) is 44.6. The Hall–Kier alpha value is -1.39. The molecule has 0 saturated carbocycles.